The molecule has 0 aliphatic carbocycles. The number of hydrogen-bond acceptors (Lipinski definition) is 4. The molecule has 1 atom stereocenters. The predicted octanol–water partition coefficient (Wildman–Crippen LogP) is 3.11. The van der Waals surface area contributed by atoms with Gasteiger partial charge in [0.1, 0.15) is 29.9 Å². The first-order valence-corrected chi connectivity index (χ1v) is 6.19. The molecule has 0 saturated heterocycles. The zero-order valence-electron chi connectivity index (χ0n) is 10.8. The molecule has 0 radical (unpaired) electrons. The molecule has 4 nitrogen and oxygen atoms in total. The van der Waals surface area contributed by atoms with E-state index >= 15 is 0 Å². The van der Waals surface area contributed by atoms with Crippen molar-refractivity contribution < 1.29 is 13.6 Å². The molecule has 0 aromatic carbocycles. The number of hydrogen-bond donors (Lipinski definition) is 1. The summed E-state index contributed by atoms with van der Waals surface area (Å²) in [6.07, 6.45) is 2.73. The standard InChI is InChI=1S/C14H19NO3/c1-3-8-15-14(12-5-4-9-17-12)13-7-6-11(18-13)10-16-2/h4-7,9,14-15H,3,8,10H2,1-2H3. The number of methoxy groups -OCH3 is 1. The summed E-state index contributed by atoms with van der Waals surface area (Å²) in [6, 6.07) is 7.69. The van der Waals surface area contributed by atoms with Crippen LogP contribution in [0.1, 0.15) is 36.7 Å². The van der Waals surface area contributed by atoms with Crippen LogP contribution in [-0.2, 0) is 11.3 Å². The zero-order chi connectivity index (χ0) is 12.8. The van der Waals surface area contributed by atoms with Crippen molar-refractivity contribution in [2.75, 3.05) is 13.7 Å². The summed E-state index contributed by atoms with van der Waals surface area (Å²) in [7, 11) is 1.65. The molecule has 2 aromatic heterocycles. The smallest absolute Gasteiger partial charge is 0.129 e. The molecule has 0 spiro atoms. The third kappa shape index (κ3) is 3.03. The van der Waals surface area contributed by atoms with Crippen LogP contribution in [-0.4, -0.2) is 13.7 Å². The highest BCUT2D eigenvalue weighted by Crippen LogP contribution is 2.24. The summed E-state index contributed by atoms with van der Waals surface area (Å²) < 4.78 is 16.3. The Balaban J connectivity index is 2.16. The maximum Gasteiger partial charge on any atom is 0.129 e. The van der Waals surface area contributed by atoms with Crippen LogP contribution in [0.2, 0.25) is 0 Å². The second-order valence-corrected chi connectivity index (χ2v) is 4.14. The van der Waals surface area contributed by atoms with Crippen LogP contribution in [0, 0.1) is 0 Å². The summed E-state index contributed by atoms with van der Waals surface area (Å²) in [6.45, 7) is 3.52. The zero-order valence-corrected chi connectivity index (χ0v) is 10.8. The first-order valence-electron chi connectivity index (χ1n) is 6.19. The highest BCUT2D eigenvalue weighted by atomic mass is 16.5. The average molecular weight is 249 g/mol. The summed E-state index contributed by atoms with van der Waals surface area (Å²) in [4.78, 5) is 0. The van der Waals surface area contributed by atoms with Crippen molar-refractivity contribution in [1.29, 1.82) is 0 Å². The predicted molar refractivity (Wildman–Crippen MR) is 68.3 cm³/mol. The van der Waals surface area contributed by atoms with Crippen molar-refractivity contribution in [3.05, 3.63) is 47.8 Å². The molecule has 98 valence electrons. The first-order chi connectivity index (χ1) is 8.85. The quantitative estimate of drug-likeness (QED) is 0.819. The van der Waals surface area contributed by atoms with E-state index in [1.807, 2.05) is 24.3 Å². The molecule has 1 N–H and O–H groups in total. The maximum absolute atomic E-state index is 5.76. The molecule has 2 heterocycles. The van der Waals surface area contributed by atoms with Crippen LogP contribution < -0.4 is 5.32 Å². The molecule has 2 aromatic rings. The Morgan fingerprint density at radius 3 is 2.83 bits per heavy atom. The normalized spacial score (nSPS) is 12.8. The molecule has 0 amide bonds. The summed E-state index contributed by atoms with van der Waals surface area (Å²) in [5, 5.41) is 3.42. The third-order valence-corrected chi connectivity index (χ3v) is 2.68. The van der Waals surface area contributed by atoms with Gasteiger partial charge >= 0.3 is 0 Å². The van der Waals surface area contributed by atoms with Crippen molar-refractivity contribution in [1.82, 2.24) is 5.32 Å². The largest absolute Gasteiger partial charge is 0.467 e. The van der Waals surface area contributed by atoms with Crippen LogP contribution in [0.15, 0.2) is 39.4 Å². The SMILES string of the molecule is CCCNC(c1ccco1)c1ccc(COC)o1. The highest BCUT2D eigenvalue weighted by Gasteiger charge is 2.19. The molecule has 0 fully saturated rings. The van der Waals surface area contributed by atoms with Gasteiger partial charge in [0.15, 0.2) is 0 Å². The van der Waals surface area contributed by atoms with E-state index in [-0.39, 0.29) is 6.04 Å². The van der Waals surface area contributed by atoms with Gasteiger partial charge in [-0.2, -0.15) is 0 Å². The van der Waals surface area contributed by atoms with E-state index in [1.54, 1.807) is 13.4 Å². The topological polar surface area (TPSA) is 47.5 Å². The molecule has 0 aliphatic heterocycles. The van der Waals surface area contributed by atoms with Gasteiger partial charge < -0.3 is 18.9 Å². The molecule has 18 heavy (non-hydrogen) atoms. The Bertz CT molecular complexity index is 447. The highest BCUT2D eigenvalue weighted by molar-refractivity contribution is 5.20. The summed E-state index contributed by atoms with van der Waals surface area (Å²) in [5.74, 6) is 2.54. The minimum Gasteiger partial charge on any atom is -0.467 e. The average Bonchev–Trinajstić information content (AvgIpc) is 3.02. The summed E-state index contributed by atoms with van der Waals surface area (Å²) in [5.41, 5.74) is 0. The lowest BCUT2D eigenvalue weighted by Gasteiger charge is -2.13. The maximum atomic E-state index is 5.76. The Morgan fingerprint density at radius 1 is 1.28 bits per heavy atom. The fourth-order valence-corrected chi connectivity index (χ4v) is 1.86. The minimum absolute atomic E-state index is 0.0365. The number of nitrogens with one attached hydrogen (secondary N) is 1. The molecule has 1 unspecified atom stereocenters. The van der Waals surface area contributed by atoms with E-state index in [9.17, 15) is 0 Å². The van der Waals surface area contributed by atoms with E-state index in [4.69, 9.17) is 13.6 Å². The van der Waals surface area contributed by atoms with E-state index in [1.165, 1.54) is 0 Å². The van der Waals surface area contributed by atoms with Crippen LogP contribution in [0.4, 0.5) is 0 Å². The Morgan fingerprint density at radius 2 is 2.17 bits per heavy atom. The van der Waals surface area contributed by atoms with E-state index in [2.05, 4.69) is 12.2 Å². The van der Waals surface area contributed by atoms with Gasteiger partial charge in [-0.15, -0.1) is 0 Å². The van der Waals surface area contributed by atoms with Gasteiger partial charge in [-0.25, -0.2) is 0 Å². The summed E-state index contributed by atoms with van der Waals surface area (Å²) >= 11 is 0. The fraction of sp³-hybridized carbons (Fsp3) is 0.429. The van der Waals surface area contributed by atoms with Gasteiger partial charge in [-0.05, 0) is 37.2 Å². The number of ether oxygens (including phenoxy) is 1. The molecular weight excluding hydrogens is 230 g/mol. The number of rotatable bonds is 7. The van der Waals surface area contributed by atoms with E-state index in [0.29, 0.717) is 6.61 Å². The van der Waals surface area contributed by atoms with Crippen molar-refractivity contribution in [2.45, 2.75) is 26.0 Å². The fourth-order valence-electron chi connectivity index (χ4n) is 1.86. The molecule has 0 bridgehead atoms. The Hall–Kier alpha value is -1.52. The van der Waals surface area contributed by atoms with Gasteiger partial charge in [0, 0.05) is 7.11 Å². The number of furan rings is 2. The Labute approximate surface area is 107 Å². The van der Waals surface area contributed by atoms with Gasteiger partial charge in [0.25, 0.3) is 0 Å². The van der Waals surface area contributed by atoms with Crippen molar-refractivity contribution >= 4 is 0 Å². The monoisotopic (exact) mass is 249 g/mol. The van der Waals surface area contributed by atoms with Crippen LogP contribution in [0.5, 0.6) is 0 Å². The lowest BCUT2D eigenvalue weighted by molar-refractivity contribution is 0.161. The van der Waals surface area contributed by atoms with Gasteiger partial charge in [0.05, 0.1) is 6.26 Å². The molecule has 2 rings (SSSR count). The second-order valence-electron chi connectivity index (χ2n) is 4.14. The van der Waals surface area contributed by atoms with Crippen LogP contribution >= 0.6 is 0 Å². The van der Waals surface area contributed by atoms with Gasteiger partial charge in [0.2, 0.25) is 0 Å². The molecule has 0 saturated carbocycles. The van der Waals surface area contributed by atoms with Crippen LogP contribution in [0.25, 0.3) is 0 Å². The third-order valence-electron chi connectivity index (χ3n) is 2.68. The van der Waals surface area contributed by atoms with E-state index in [0.717, 1.165) is 30.2 Å². The molecule has 4 heteroatoms. The van der Waals surface area contributed by atoms with E-state index < -0.39 is 0 Å². The Kier molecular flexibility index (Phi) is 4.61. The van der Waals surface area contributed by atoms with Crippen molar-refractivity contribution in [3.63, 3.8) is 0 Å². The second kappa shape index (κ2) is 6.42. The first kappa shape index (κ1) is 12.9. The van der Waals surface area contributed by atoms with Crippen molar-refractivity contribution in [3.8, 4) is 0 Å². The van der Waals surface area contributed by atoms with Gasteiger partial charge in [-0.1, -0.05) is 6.92 Å². The lowest BCUT2D eigenvalue weighted by atomic mass is 10.1. The molecule has 0 aliphatic rings. The molecular formula is C14H19NO3. The minimum atomic E-state index is -0.0365. The van der Waals surface area contributed by atoms with Crippen molar-refractivity contribution in [2.24, 2.45) is 0 Å². The van der Waals surface area contributed by atoms with Gasteiger partial charge in [-0.3, -0.25) is 0 Å². The lowest BCUT2D eigenvalue weighted by Crippen LogP contribution is -2.22. The van der Waals surface area contributed by atoms with Crippen LogP contribution in [0.3, 0.4) is 0 Å².